The Balaban J connectivity index is 1.79. The van der Waals surface area contributed by atoms with Crippen LogP contribution in [0.25, 0.3) is 0 Å². The zero-order valence-corrected chi connectivity index (χ0v) is 14.6. The maximum Gasteiger partial charge on any atom is 0.246 e. The van der Waals surface area contributed by atoms with Crippen LogP contribution in [0.2, 0.25) is 0 Å². The van der Waals surface area contributed by atoms with Crippen LogP contribution in [-0.4, -0.2) is 58.0 Å². The van der Waals surface area contributed by atoms with E-state index in [-0.39, 0.29) is 43.8 Å². The standard InChI is InChI=1S/C16H22FN3O4S/c17-14-2-1-13(19-16(21)12-3-5-18-6-4-12)11-15(14)25(22,23)20-7-9-24-10-8-20/h1-2,11-12,18H,3-10H2,(H,19,21). The van der Waals surface area contributed by atoms with Gasteiger partial charge in [0.05, 0.1) is 13.2 Å². The third-order valence-corrected chi connectivity index (χ3v) is 6.41. The smallest absolute Gasteiger partial charge is 0.246 e. The van der Waals surface area contributed by atoms with Crippen LogP contribution < -0.4 is 10.6 Å². The Bertz CT molecular complexity index is 729. The number of carbonyl (C=O) groups is 1. The first kappa shape index (κ1) is 18.2. The third-order valence-electron chi connectivity index (χ3n) is 4.50. The number of halogens is 1. The van der Waals surface area contributed by atoms with Crippen molar-refractivity contribution >= 4 is 21.6 Å². The highest BCUT2D eigenvalue weighted by atomic mass is 32.2. The zero-order valence-electron chi connectivity index (χ0n) is 13.8. The minimum Gasteiger partial charge on any atom is -0.379 e. The lowest BCUT2D eigenvalue weighted by Crippen LogP contribution is -2.41. The number of piperidine rings is 1. The predicted octanol–water partition coefficient (Wildman–Crippen LogP) is 0.785. The summed E-state index contributed by atoms with van der Waals surface area (Å²) in [6.07, 6.45) is 1.46. The zero-order chi connectivity index (χ0) is 17.9. The highest BCUT2D eigenvalue weighted by Gasteiger charge is 2.29. The summed E-state index contributed by atoms with van der Waals surface area (Å²) in [4.78, 5) is 11.9. The molecule has 0 radical (unpaired) electrons. The summed E-state index contributed by atoms with van der Waals surface area (Å²) in [6, 6.07) is 3.65. The molecule has 2 aliphatic rings. The van der Waals surface area contributed by atoms with Crippen molar-refractivity contribution in [1.82, 2.24) is 9.62 Å². The van der Waals surface area contributed by atoms with Crippen molar-refractivity contribution in [2.75, 3.05) is 44.7 Å². The van der Waals surface area contributed by atoms with Gasteiger partial charge in [0.25, 0.3) is 0 Å². The molecule has 0 aromatic heterocycles. The molecule has 1 aromatic carbocycles. The summed E-state index contributed by atoms with van der Waals surface area (Å²) in [5, 5.41) is 5.89. The molecule has 1 amide bonds. The topological polar surface area (TPSA) is 87.7 Å². The van der Waals surface area contributed by atoms with Crippen molar-refractivity contribution in [3.63, 3.8) is 0 Å². The van der Waals surface area contributed by atoms with Crippen molar-refractivity contribution in [2.24, 2.45) is 5.92 Å². The van der Waals surface area contributed by atoms with Crippen LogP contribution >= 0.6 is 0 Å². The number of ether oxygens (including phenoxy) is 1. The summed E-state index contributed by atoms with van der Waals surface area (Å²) in [7, 11) is -3.96. The fraction of sp³-hybridized carbons (Fsp3) is 0.562. The molecule has 0 unspecified atom stereocenters. The van der Waals surface area contributed by atoms with Gasteiger partial charge in [-0.25, -0.2) is 12.8 Å². The molecule has 1 aromatic rings. The molecule has 25 heavy (non-hydrogen) atoms. The number of benzene rings is 1. The summed E-state index contributed by atoms with van der Waals surface area (Å²) >= 11 is 0. The Morgan fingerprint density at radius 3 is 2.60 bits per heavy atom. The van der Waals surface area contributed by atoms with Gasteiger partial charge in [-0.05, 0) is 44.1 Å². The van der Waals surface area contributed by atoms with Gasteiger partial charge in [-0.3, -0.25) is 4.79 Å². The van der Waals surface area contributed by atoms with Gasteiger partial charge in [0.2, 0.25) is 15.9 Å². The molecule has 138 valence electrons. The number of sulfonamides is 1. The molecule has 0 saturated carbocycles. The second-order valence-electron chi connectivity index (χ2n) is 6.18. The number of amides is 1. The number of hydrogen-bond donors (Lipinski definition) is 2. The first-order chi connectivity index (χ1) is 12.0. The molecule has 2 fully saturated rings. The van der Waals surface area contributed by atoms with Crippen molar-refractivity contribution in [3.8, 4) is 0 Å². The van der Waals surface area contributed by atoms with Gasteiger partial charge in [-0.15, -0.1) is 0 Å². The molecule has 2 heterocycles. The van der Waals surface area contributed by atoms with E-state index in [4.69, 9.17) is 4.74 Å². The average molecular weight is 371 g/mol. The second kappa shape index (κ2) is 7.77. The van der Waals surface area contributed by atoms with Crippen molar-refractivity contribution < 1.29 is 22.3 Å². The number of anilines is 1. The van der Waals surface area contributed by atoms with Crippen LogP contribution in [0.1, 0.15) is 12.8 Å². The van der Waals surface area contributed by atoms with Gasteiger partial charge in [-0.1, -0.05) is 0 Å². The SMILES string of the molecule is O=C(Nc1ccc(F)c(S(=O)(=O)N2CCOCC2)c1)C1CCNCC1. The van der Waals surface area contributed by atoms with Gasteiger partial charge >= 0.3 is 0 Å². The van der Waals surface area contributed by atoms with Gasteiger partial charge in [0.1, 0.15) is 10.7 Å². The van der Waals surface area contributed by atoms with E-state index in [2.05, 4.69) is 10.6 Å². The Morgan fingerprint density at radius 2 is 1.92 bits per heavy atom. The normalized spacial score (nSPS) is 20.4. The molecule has 0 aliphatic carbocycles. The Labute approximate surface area is 146 Å². The molecule has 3 rings (SSSR count). The van der Waals surface area contributed by atoms with E-state index in [0.717, 1.165) is 32.0 Å². The lowest BCUT2D eigenvalue weighted by molar-refractivity contribution is -0.120. The molecule has 0 bridgehead atoms. The summed E-state index contributed by atoms with van der Waals surface area (Å²) in [5.74, 6) is -1.11. The fourth-order valence-electron chi connectivity index (χ4n) is 3.03. The molecular weight excluding hydrogens is 349 g/mol. The lowest BCUT2D eigenvalue weighted by atomic mass is 9.97. The highest BCUT2D eigenvalue weighted by Crippen LogP contribution is 2.24. The van der Waals surface area contributed by atoms with Gasteiger partial charge < -0.3 is 15.4 Å². The predicted molar refractivity (Wildman–Crippen MR) is 90.2 cm³/mol. The van der Waals surface area contributed by atoms with E-state index < -0.39 is 20.7 Å². The first-order valence-corrected chi connectivity index (χ1v) is 9.81. The monoisotopic (exact) mass is 371 g/mol. The van der Waals surface area contributed by atoms with Crippen LogP contribution in [0, 0.1) is 11.7 Å². The number of carbonyl (C=O) groups excluding carboxylic acids is 1. The average Bonchev–Trinajstić information content (AvgIpc) is 2.64. The van der Waals surface area contributed by atoms with Crippen LogP contribution in [0.4, 0.5) is 10.1 Å². The third kappa shape index (κ3) is 4.17. The quantitative estimate of drug-likeness (QED) is 0.817. The van der Waals surface area contributed by atoms with E-state index in [1.807, 2.05) is 0 Å². The van der Waals surface area contributed by atoms with E-state index >= 15 is 0 Å². The Hall–Kier alpha value is -1.55. The minimum atomic E-state index is -3.96. The van der Waals surface area contributed by atoms with Crippen molar-refractivity contribution in [3.05, 3.63) is 24.0 Å². The van der Waals surface area contributed by atoms with E-state index in [1.165, 1.54) is 16.4 Å². The van der Waals surface area contributed by atoms with E-state index in [0.29, 0.717) is 0 Å². The molecule has 2 aliphatic heterocycles. The van der Waals surface area contributed by atoms with Crippen LogP contribution in [0.15, 0.2) is 23.1 Å². The fourth-order valence-corrected chi connectivity index (χ4v) is 4.53. The van der Waals surface area contributed by atoms with Gasteiger partial charge in [-0.2, -0.15) is 4.31 Å². The largest absolute Gasteiger partial charge is 0.379 e. The van der Waals surface area contributed by atoms with Crippen molar-refractivity contribution in [2.45, 2.75) is 17.7 Å². The minimum absolute atomic E-state index is 0.120. The molecule has 7 nitrogen and oxygen atoms in total. The number of nitrogens with one attached hydrogen (secondary N) is 2. The number of nitrogens with zero attached hydrogens (tertiary/aromatic N) is 1. The van der Waals surface area contributed by atoms with E-state index in [1.54, 1.807) is 0 Å². The Kier molecular flexibility index (Phi) is 5.67. The molecule has 0 atom stereocenters. The number of hydrogen-bond acceptors (Lipinski definition) is 5. The van der Waals surface area contributed by atoms with Crippen LogP contribution in [0.5, 0.6) is 0 Å². The second-order valence-corrected chi connectivity index (χ2v) is 8.08. The lowest BCUT2D eigenvalue weighted by Gasteiger charge is -2.26. The molecule has 2 saturated heterocycles. The molecule has 9 heteroatoms. The highest BCUT2D eigenvalue weighted by molar-refractivity contribution is 7.89. The number of morpholine rings is 1. The van der Waals surface area contributed by atoms with Gasteiger partial charge in [0.15, 0.2) is 0 Å². The number of rotatable bonds is 4. The molecule has 0 spiro atoms. The first-order valence-electron chi connectivity index (χ1n) is 8.37. The van der Waals surface area contributed by atoms with Gasteiger partial charge in [0, 0.05) is 24.7 Å². The summed E-state index contributed by atoms with van der Waals surface area (Å²) in [6.45, 7) is 2.50. The maximum atomic E-state index is 14.2. The molecule has 2 N–H and O–H groups in total. The Morgan fingerprint density at radius 1 is 1.24 bits per heavy atom. The molecular formula is C16H22FN3O4S. The summed E-state index contributed by atoms with van der Waals surface area (Å²) < 4.78 is 45.8. The van der Waals surface area contributed by atoms with E-state index in [9.17, 15) is 17.6 Å². The maximum absolute atomic E-state index is 14.2. The van der Waals surface area contributed by atoms with Crippen LogP contribution in [0.3, 0.4) is 0 Å². The summed E-state index contributed by atoms with van der Waals surface area (Å²) in [5.41, 5.74) is 0.289. The van der Waals surface area contributed by atoms with Crippen molar-refractivity contribution in [1.29, 1.82) is 0 Å². The van der Waals surface area contributed by atoms with Crippen LogP contribution in [-0.2, 0) is 19.6 Å².